The second-order valence-corrected chi connectivity index (χ2v) is 6.33. The number of hydrogen-bond donors (Lipinski definition) is 1. The van der Waals surface area contributed by atoms with Crippen LogP contribution < -0.4 is 5.32 Å². The van der Waals surface area contributed by atoms with Crippen LogP contribution >= 0.6 is 23.2 Å². The van der Waals surface area contributed by atoms with Gasteiger partial charge in [-0.25, -0.2) is 0 Å². The molecule has 3 unspecified atom stereocenters. The molecule has 1 aromatic carbocycles. The number of rotatable bonds is 4. The van der Waals surface area contributed by atoms with Gasteiger partial charge in [0.15, 0.2) is 0 Å². The molecule has 3 heteroatoms. The average molecular weight is 300 g/mol. The Hall–Kier alpha value is -0.240. The SMILES string of the molecule is CCC1CCCCC1C(NC)c1c(Cl)cccc1Cl. The molecule has 3 atom stereocenters. The topological polar surface area (TPSA) is 12.0 Å². The number of benzene rings is 1. The van der Waals surface area contributed by atoms with Crippen LogP contribution in [0.1, 0.15) is 50.6 Å². The molecule has 1 aromatic rings. The summed E-state index contributed by atoms with van der Waals surface area (Å²) in [5, 5.41) is 5.03. The summed E-state index contributed by atoms with van der Waals surface area (Å²) >= 11 is 12.8. The lowest BCUT2D eigenvalue weighted by atomic mass is 9.72. The molecule has 1 saturated carbocycles. The van der Waals surface area contributed by atoms with Crippen molar-refractivity contribution < 1.29 is 0 Å². The van der Waals surface area contributed by atoms with Crippen LogP contribution in [0.25, 0.3) is 0 Å². The molecular formula is C16H23Cl2N. The summed E-state index contributed by atoms with van der Waals surface area (Å²) in [6.07, 6.45) is 6.53. The van der Waals surface area contributed by atoms with E-state index in [9.17, 15) is 0 Å². The summed E-state index contributed by atoms with van der Waals surface area (Å²) in [5.74, 6) is 1.42. The van der Waals surface area contributed by atoms with E-state index in [4.69, 9.17) is 23.2 Å². The highest BCUT2D eigenvalue weighted by atomic mass is 35.5. The van der Waals surface area contributed by atoms with Gasteiger partial charge in [0, 0.05) is 21.7 Å². The maximum Gasteiger partial charge on any atom is 0.0468 e. The zero-order chi connectivity index (χ0) is 13.8. The molecule has 0 heterocycles. The van der Waals surface area contributed by atoms with Crippen molar-refractivity contribution in [2.75, 3.05) is 7.05 Å². The van der Waals surface area contributed by atoms with Crippen LogP contribution in [0.4, 0.5) is 0 Å². The van der Waals surface area contributed by atoms with E-state index in [-0.39, 0.29) is 6.04 Å². The molecule has 1 nitrogen and oxygen atoms in total. The third kappa shape index (κ3) is 3.26. The summed E-state index contributed by atoms with van der Waals surface area (Å²) < 4.78 is 0. The summed E-state index contributed by atoms with van der Waals surface area (Å²) in [4.78, 5) is 0. The molecule has 0 spiro atoms. The minimum atomic E-state index is 0.270. The predicted octanol–water partition coefficient (Wildman–Crippen LogP) is 5.47. The summed E-state index contributed by atoms with van der Waals surface area (Å²) in [6.45, 7) is 2.30. The van der Waals surface area contributed by atoms with E-state index in [1.54, 1.807) is 0 Å². The Labute approximate surface area is 126 Å². The number of halogens is 2. The van der Waals surface area contributed by atoms with Crippen LogP contribution in [0.3, 0.4) is 0 Å². The Morgan fingerprint density at radius 1 is 1.21 bits per heavy atom. The highest BCUT2D eigenvalue weighted by Gasteiger charge is 2.32. The van der Waals surface area contributed by atoms with E-state index in [1.807, 2.05) is 25.2 Å². The molecule has 0 bridgehead atoms. The first-order valence-corrected chi connectivity index (χ1v) is 8.05. The summed E-state index contributed by atoms with van der Waals surface area (Å²) in [7, 11) is 2.02. The summed E-state index contributed by atoms with van der Waals surface area (Å²) in [6, 6.07) is 6.07. The van der Waals surface area contributed by atoms with Gasteiger partial charge in [0.1, 0.15) is 0 Å². The molecule has 1 aliphatic rings. The maximum atomic E-state index is 6.39. The van der Waals surface area contributed by atoms with Gasteiger partial charge < -0.3 is 5.32 Å². The van der Waals surface area contributed by atoms with Crippen molar-refractivity contribution in [1.82, 2.24) is 5.32 Å². The van der Waals surface area contributed by atoms with Crippen LogP contribution in [0, 0.1) is 11.8 Å². The van der Waals surface area contributed by atoms with Crippen LogP contribution in [-0.2, 0) is 0 Å². The highest BCUT2D eigenvalue weighted by molar-refractivity contribution is 6.36. The average Bonchev–Trinajstić information content (AvgIpc) is 2.43. The van der Waals surface area contributed by atoms with Crippen molar-refractivity contribution in [2.45, 2.75) is 45.1 Å². The fourth-order valence-corrected chi connectivity index (χ4v) is 4.19. The predicted molar refractivity (Wildman–Crippen MR) is 84.0 cm³/mol. The van der Waals surface area contributed by atoms with E-state index < -0.39 is 0 Å². The van der Waals surface area contributed by atoms with Gasteiger partial charge in [-0.3, -0.25) is 0 Å². The molecule has 0 aliphatic heterocycles. The second-order valence-electron chi connectivity index (χ2n) is 5.52. The largest absolute Gasteiger partial charge is 0.313 e. The minimum Gasteiger partial charge on any atom is -0.313 e. The zero-order valence-electron chi connectivity index (χ0n) is 11.8. The van der Waals surface area contributed by atoms with E-state index in [2.05, 4.69) is 12.2 Å². The van der Waals surface area contributed by atoms with E-state index >= 15 is 0 Å². The van der Waals surface area contributed by atoms with Gasteiger partial charge in [-0.05, 0) is 37.4 Å². The van der Waals surface area contributed by atoms with Crippen molar-refractivity contribution in [2.24, 2.45) is 11.8 Å². The van der Waals surface area contributed by atoms with E-state index in [0.717, 1.165) is 21.5 Å². The van der Waals surface area contributed by atoms with Gasteiger partial charge in [-0.2, -0.15) is 0 Å². The van der Waals surface area contributed by atoms with Crippen LogP contribution in [0.2, 0.25) is 10.0 Å². The van der Waals surface area contributed by atoms with Crippen molar-refractivity contribution in [3.63, 3.8) is 0 Å². The third-order valence-electron chi connectivity index (χ3n) is 4.54. The zero-order valence-corrected chi connectivity index (χ0v) is 13.3. The minimum absolute atomic E-state index is 0.270. The first-order valence-electron chi connectivity index (χ1n) is 7.30. The van der Waals surface area contributed by atoms with Crippen molar-refractivity contribution >= 4 is 23.2 Å². The van der Waals surface area contributed by atoms with Gasteiger partial charge in [0.05, 0.1) is 0 Å². The molecule has 106 valence electrons. The summed E-state index contributed by atoms with van der Waals surface area (Å²) in [5.41, 5.74) is 1.08. The number of nitrogens with one attached hydrogen (secondary N) is 1. The fourth-order valence-electron chi connectivity index (χ4n) is 3.56. The lowest BCUT2D eigenvalue weighted by molar-refractivity contribution is 0.180. The lowest BCUT2D eigenvalue weighted by Gasteiger charge is -2.37. The molecule has 2 rings (SSSR count). The van der Waals surface area contributed by atoms with E-state index in [0.29, 0.717) is 5.92 Å². The van der Waals surface area contributed by atoms with Crippen molar-refractivity contribution in [3.8, 4) is 0 Å². The second kappa shape index (κ2) is 6.97. The third-order valence-corrected chi connectivity index (χ3v) is 5.20. The Balaban J connectivity index is 2.33. The van der Waals surface area contributed by atoms with Crippen molar-refractivity contribution in [1.29, 1.82) is 0 Å². The molecular weight excluding hydrogens is 277 g/mol. The lowest BCUT2D eigenvalue weighted by Crippen LogP contribution is -2.33. The number of hydrogen-bond acceptors (Lipinski definition) is 1. The quantitative estimate of drug-likeness (QED) is 0.777. The van der Waals surface area contributed by atoms with Gasteiger partial charge in [-0.1, -0.05) is 61.9 Å². The van der Waals surface area contributed by atoms with Gasteiger partial charge >= 0.3 is 0 Å². The van der Waals surface area contributed by atoms with Crippen LogP contribution in [0.5, 0.6) is 0 Å². The molecule has 19 heavy (non-hydrogen) atoms. The molecule has 0 saturated heterocycles. The van der Waals surface area contributed by atoms with Crippen LogP contribution in [-0.4, -0.2) is 7.05 Å². The Morgan fingerprint density at radius 2 is 1.84 bits per heavy atom. The normalized spacial score (nSPS) is 25.3. The first-order chi connectivity index (χ1) is 9.19. The standard InChI is InChI=1S/C16H23Cl2N/c1-3-11-7-4-5-8-12(11)16(19-2)15-13(17)9-6-10-14(15)18/h6,9-12,16,19H,3-5,7-8H2,1-2H3. The van der Waals surface area contributed by atoms with Crippen molar-refractivity contribution in [3.05, 3.63) is 33.8 Å². The molecule has 0 amide bonds. The molecule has 0 aromatic heterocycles. The van der Waals surface area contributed by atoms with E-state index in [1.165, 1.54) is 32.1 Å². The molecule has 1 N–H and O–H groups in total. The smallest absolute Gasteiger partial charge is 0.0468 e. The monoisotopic (exact) mass is 299 g/mol. The first kappa shape index (κ1) is 15.2. The Bertz CT molecular complexity index is 399. The maximum absolute atomic E-state index is 6.39. The fraction of sp³-hybridized carbons (Fsp3) is 0.625. The van der Waals surface area contributed by atoms with Gasteiger partial charge in [0.2, 0.25) is 0 Å². The van der Waals surface area contributed by atoms with Crippen LogP contribution in [0.15, 0.2) is 18.2 Å². The Kier molecular flexibility index (Phi) is 5.56. The molecule has 1 fully saturated rings. The Morgan fingerprint density at radius 3 is 2.42 bits per heavy atom. The highest BCUT2D eigenvalue weighted by Crippen LogP contribution is 2.43. The molecule has 0 radical (unpaired) electrons. The van der Waals surface area contributed by atoms with Gasteiger partial charge in [0.25, 0.3) is 0 Å². The molecule has 1 aliphatic carbocycles. The van der Waals surface area contributed by atoms with Gasteiger partial charge in [-0.15, -0.1) is 0 Å².